The Balaban J connectivity index is 1.36. The number of thiophene rings is 1. The minimum atomic E-state index is -0.120. The molecule has 0 saturated carbocycles. The summed E-state index contributed by atoms with van der Waals surface area (Å²) in [6.07, 6.45) is 0. The number of benzene rings is 2. The summed E-state index contributed by atoms with van der Waals surface area (Å²) < 4.78 is 16.4. The van der Waals surface area contributed by atoms with Crippen LogP contribution in [-0.2, 0) is 6.61 Å². The van der Waals surface area contributed by atoms with Crippen LogP contribution in [0.3, 0.4) is 0 Å². The van der Waals surface area contributed by atoms with E-state index < -0.39 is 0 Å². The highest BCUT2D eigenvalue weighted by atomic mass is 32.1. The van der Waals surface area contributed by atoms with E-state index in [4.69, 9.17) is 14.2 Å². The molecule has 3 aromatic rings. The van der Waals surface area contributed by atoms with E-state index in [2.05, 4.69) is 0 Å². The Morgan fingerprint density at radius 3 is 2.27 bits per heavy atom. The maximum absolute atomic E-state index is 13.0. The maximum atomic E-state index is 13.0. The smallest absolute Gasteiger partial charge is 0.257 e. The zero-order chi connectivity index (χ0) is 23.2. The standard InChI is InChI=1S/C25H26N2O5S/c1-30-19-8-9-22(23(16-19)31-2)25(29)27-12-10-26(11-13-27)24(28)18-5-3-6-20(15-18)32-17-21-7-4-14-33-21/h3-9,14-16H,10-13,17H2,1-2H3. The van der Waals surface area contributed by atoms with Crippen molar-refractivity contribution in [3.63, 3.8) is 0 Å². The van der Waals surface area contributed by atoms with Crippen LogP contribution < -0.4 is 14.2 Å². The van der Waals surface area contributed by atoms with Crippen molar-refractivity contribution >= 4 is 23.2 Å². The fraction of sp³-hybridized carbons (Fsp3) is 0.280. The molecule has 2 heterocycles. The van der Waals surface area contributed by atoms with Crippen LogP contribution in [0, 0.1) is 0 Å². The molecular weight excluding hydrogens is 440 g/mol. The number of hydrogen-bond donors (Lipinski definition) is 0. The topological polar surface area (TPSA) is 68.3 Å². The van der Waals surface area contributed by atoms with E-state index in [0.717, 1.165) is 4.88 Å². The highest BCUT2D eigenvalue weighted by Crippen LogP contribution is 2.26. The third kappa shape index (κ3) is 5.28. The van der Waals surface area contributed by atoms with Gasteiger partial charge in [-0.2, -0.15) is 0 Å². The van der Waals surface area contributed by atoms with Crippen molar-refractivity contribution < 1.29 is 23.8 Å². The van der Waals surface area contributed by atoms with Crippen molar-refractivity contribution in [2.75, 3.05) is 40.4 Å². The molecule has 1 aromatic heterocycles. The Morgan fingerprint density at radius 1 is 0.848 bits per heavy atom. The van der Waals surface area contributed by atoms with Gasteiger partial charge in [-0.1, -0.05) is 12.1 Å². The first-order valence-electron chi connectivity index (χ1n) is 10.6. The molecular formula is C25H26N2O5S. The lowest BCUT2D eigenvalue weighted by Crippen LogP contribution is -2.50. The molecule has 2 aromatic carbocycles. The second kappa shape index (κ2) is 10.4. The average molecular weight is 467 g/mol. The molecule has 0 atom stereocenters. The summed E-state index contributed by atoms with van der Waals surface area (Å²) in [7, 11) is 3.10. The van der Waals surface area contributed by atoms with Crippen molar-refractivity contribution in [1.29, 1.82) is 0 Å². The van der Waals surface area contributed by atoms with E-state index in [1.807, 2.05) is 29.6 Å². The third-order valence-corrected chi connectivity index (χ3v) is 6.39. The molecule has 0 N–H and O–H groups in total. The van der Waals surface area contributed by atoms with Crippen LogP contribution in [0.2, 0.25) is 0 Å². The Kier molecular flexibility index (Phi) is 7.14. The second-order valence-corrected chi connectivity index (χ2v) is 8.58. The number of carbonyl (C=O) groups excluding carboxylic acids is 2. The molecule has 1 aliphatic rings. The molecule has 2 amide bonds. The molecule has 0 spiro atoms. The Morgan fingerprint density at radius 2 is 1.61 bits per heavy atom. The van der Waals surface area contributed by atoms with Crippen LogP contribution in [0.25, 0.3) is 0 Å². The number of hydrogen-bond acceptors (Lipinski definition) is 6. The van der Waals surface area contributed by atoms with Crippen LogP contribution in [0.5, 0.6) is 17.2 Å². The number of carbonyl (C=O) groups is 2. The Hall–Kier alpha value is -3.52. The minimum Gasteiger partial charge on any atom is -0.497 e. The first-order valence-corrected chi connectivity index (χ1v) is 11.5. The van der Waals surface area contributed by atoms with Gasteiger partial charge in [-0.25, -0.2) is 0 Å². The van der Waals surface area contributed by atoms with E-state index in [0.29, 0.717) is 61.2 Å². The number of rotatable bonds is 7. The third-order valence-electron chi connectivity index (χ3n) is 5.54. The van der Waals surface area contributed by atoms with Crippen molar-refractivity contribution in [2.45, 2.75) is 6.61 Å². The molecule has 0 aliphatic carbocycles. The largest absolute Gasteiger partial charge is 0.497 e. The van der Waals surface area contributed by atoms with Crippen LogP contribution >= 0.6 is 11.3 Å². The molecule has 172 valence electrons. The average Bonchev–Trinajstić information content (AvgIpc) is 3.40. The highest BCUT2D eigenvalue weighted by molar-refractivity contribution is 7.09. The number of methoxy groups -OCH3 is 2. The van der Waals surface area contributed by atoms with Crippen LogP contribution in [-0.4, -0.2) is 62.0 Å². The van der Waals surface area contributed by atoms with Gasteiger partial charge in [-0.3, -0.25) is 9.59 Å². The van der Waals surface area contributed by atoms with E-state index in [9.17, 15) is 9.59 Å². The molecule has 1 fully saturated rings. The van der Waals surface area contributed by atoms with Gasteiger partial charge >= 0.3 is 0 Å². The normalized spacial score (nSPS) is 13.5. The minimum absolute atomic E-state index is 0.0642. The summed E-state index contributed by atoms with van der Waals surface area (Å²) in [6.45, 7) is 2.31. The fourth-order valence-electron chi connectivity index (χ4n) is 3.71. The first-order chi connectivity index (χ1) is 16.1. The summed E-state index contributed by atoms with van der Waals surface area (Å²) in [5.41, 5.74) is 1.06. The molecule has 0 radical (unpaired) electrons. The van der Waals surface area contributed by atoms with Crippen molar-refractivity contribution in [1.82, 2.24) is 9.80 Å². The van der Waals surface area contributed by atoms with Crippen LogP contribution in [0.15, 0.2) is 60.0 Å². The maximum Gasteiger partial charge on any atom is 0.257 e. The zero-order valence-corrected chi connectivity index (χ0v) is 19.5. The number of amides is 2. The predicted octanol–water partition coefficient (Wildman–Crippen LogP) is 3.94. The van der Waals surface area contributed by atoms with Gasteiger partial charge in [0.1, 0.15) is 23.9 Å². The van der Waals surface area contributed by atoms with E-state index >= 15 is 0 Å². The fourth-order valence-corrected chi connectivity index (χ4v) is 4.32. The molecule has 8 heteroatoms. The Bertz CT molecular complexity index is 1110. The molecule has 33 heavy (non-hydrogen) atoms. The highest BCUT2D eigenvalue weighted by Gasteiger charge is 2.27. The van der Waals surface area contributed by atoms with Gasteiger partial charge in [-0.05, 0) is 41.8 Å². The van der Waals surface area contributed by atoms with Crippen LogP contribution in [0.1, 0.15) is 25.6 Å². The predicted molar refractivity (Wildman–Crippen MR) is 126 cm³/mol. The molecule has 0 unspecified atom stereocenters. The summed E-state index contributed by atoms with van der Waals surface area (Å²) in [6, 6.07) is 16.4. The quantitative estimate of drug-likeness (QED) is 0.528. The van der Waals surface area contributed by atoms with E-state index in [1.165, 1.54) is 7.11 Å². The van der Waals surface area contributed by atoms with Gasteiger partial charge < -0.3 is 24.0 Å². The molecule has 1 aliphatic heterocycles. The SMILES string of the molecule is COc1ccc(C(=O)N2CCN(C(=O)c3cccc(OCc4cccs4)c3)CC2)c(OC)c1. The number of nitrogens with zero attached hydrogens (tertiary/aromatic N) is 2. The van der Waals surface area contributed by atoms with Gasteiger partial charge in [-0.15, -0.1) is 11.3 Å². The molecule has 4 rings (SSSR count). The van der Waals surface area contributed by atoms with Crippen molar-refractivity contribution in [2.24, 2.45) is 0 Å². The van der Waals surface area contributed by atoms with Crippen molar-refractivity contribution in [3.05, 3.63) is 76.0 Å². The lowest BCUT2D eigenvalue weighted by Gasteiger charge is -2.35. The molecule has 0 bridgehead atoms. The van der Waals surface area contributed by atoms with Gasteiger partial charge in [0.2, 0.25) is 0 Å². The molecule has 1 saturated heterocycles. The summed E-state index contributed by atoms with van der Waals surface area (Å²) >= 11 is 1.63. The second-order valence-electron chi connectivity index (χ2n) is 7.55. The summed E-state index contributed by atoms with van der Waals surface area (Å²) in [5.74, 6) is 1.57. The van der Waals surface area contributed by atoms with Gasteiger partial charge in [0, 0.05) is 42.7 Å². The van der Waals surface area contributed by atoms with E-state index in [-0.39, 0.29) is 11.8 Å². The van der Waals surface area contributed by atoms with Gasteiger partial charge in [0.05, 0.1) is 19.8 Å². The van der Waals surface area contributed by atoms with Gasteiger partial charge in [0.25, 0.3) is 11.8 Å². The number of ether oxygens (including phenoxy) is 3. The molecule has 7 nitrogen and oxygen atoms in total. The summed E-state index contributed by atoms with van der Waals surface area (Å²) in [4.78, 5) is 30.7. The first kappa shape index (κ1) is 22.7. The van der Waals surface area contributed by atoms with Gasteiger partial charge in [0.15, 0.2) is 0 Å². The van der Waals surface area contributed by atoms with Crippen LogP contribution in [0.4, 0.5) is 0 Å². The lowest BCUT2D eigenvalue weighted by molar-refractivity contribution is 0.0533. The Labute approximate surface area is 197 Å². The zero-order valence-electron chi connectivity index (χ0n) is 18.7. The lowest BCUT2D eigenvalue weighted by atomic mass is 10.1. The summed E-state index contributed by atoms with van der Waals surface area (Å²) in [5, 5.41) is 2.01. The van der Waals surface area contributed by atoms with E-state index in [1.54, 1.807) is 58.6 Å². The monoisotopic (exact) mass is 466 g/mol. The number of piperazine rings is 1. The van der Waals surface area contributed by atoms with Crippen molar-refractivity contribution in [3.8, 4) is 17.2 Å².